The quantitative estimate of drug-likeness (QED) is 0.398. The number of aromatic nitrogens is 3. The van der Waals surface area contributed by atoms with Gasteiger partial charge in [0.2, 0.25) is 5.91 Å². The van der Waals surface area contributed by atoms with Crippen LogP contribution in [0.2, 0.25) is 0 Å². The number of rotatable bonds is 8. The van der Waals surface area contributed by atoms with Gasteiger partial charge in [-0.05, 0) is 47.4 Å². The molecule has 4 rings (SSSR count). The Balaban J connectivity index is 1.47. The van der Waals surface area contributed by atoms with E-state index in [0.29, 0.717) is 23.6 Å². The van der Waals surface area contributed by atoms with Crippen LogP contribution in [0.15, 0.2) is 89.9 Å². The van der Waals surface area contributed by atoms with Crippen LogP contribution in [0.1, 0.15) is 35.6 Å². The van der Waals surface area contributed by atoms with Crippen LogP contribution in [-0.4, -0.2) is 27.2 Å². The zero-order chi connectivity index (χ0) is 25.5. The Hall–Kier alpha value is -4.61. The van der Waals surface area contributed by atoms with Crippen molar-refractivity contribution < 1.29 is 4.79 Å². The maximum absolute atomic E-state index is 13.3. The van der Waals surface area contributed by atoms with Gasteiger partial charge in [-0.25, -0.2) is 9.67 Å². The molecule has 2 N–H and O–H groups in total. The minimum absolute atomic E-state index is 0.128. The number of nitriles is 1. The van der Waals surface area contributed by atoms with Crippen LogP contribution in [0.3, 0.4) is 0 Å². The summed E-state index contributed by atoms with van der Waals surface area (Å²) in [7, 11) is 1.59. The lowest BCUT2D eigenvalue weighted by Gasteiger charge is -2.21. The summed E-state index contributed by atoms with van der Waals surface area (Å²) in [6.07, 6.45) is 1.61. The number of benzene rings is 2. The molecule has 0 bridgehead atoms. The molecule has 2 atom stereocenters. The summed E-state index contributed by atoms with van der Waals surface area (Å²) in [5.74, 6) is 0.314. The summed E-state index contributed by atoms with van der Waals surface area (Å²) >= 11 is 0. The van der Waals surface area contributed by atoms with E-state index in [1.54, 1.807) is 43.6 Å². The zero-order valence-electron chi connectivity index (χ0n) is 20.1. The maximum Gasteiger partial charge on any atom is 0.266 e. The fraction of sp³-hybridized carbons (Fsp3) is 0.179. The van der Waals surface area contributed by atoms with Crippen LogP contribution in [-0.2, 0) is 11.8 Å². The Bertz CT molecular complexity index is 1420. The first-order chi connectivity index (χ1) is 17.4. The molecule has 8 heteroatoms. The second-order valence-electron chi connectivity index (χ2n) is 8.49. The van der Waals surface area contributed by atoms with Crippen molar-refractivity contribution in [3.05, 3.63) is 112 Å². The molecule has 0 aliphatic heterocycles. The van der Waals surface area contributed by atoms with Crippen LogP contribution >= 0.6 is 0 Å². The number of carbonyl (C=O) groups excluding carboxylic acids is 1. The summed E-state index contributed by atoms with van der Waals surface area (Å²) in [6, 6.07) is 25.1. The average Bonchev–Trinajstić information content (AvgIpc) is 2.91. The molecule has 8 nitrogen and oxygen atoms in total. The van der Waals surface area contributed by atoms with Gasteiger partial charge in [0.15, 0.2) is 0 Å². The summed E-state index contributed by atoms with van der Waals surface area (Å²) in [6.45, 7) is 2.63. The minimum atomic E-state index is -0.584. The van der Waals surface area contributed by atoms with Crippen molar-refractivity contribution >= 4 is 11.7 Å². The van der Waals surface area contributed by atoms with E-state index in [1.807, 2.05) is 42.5 Å². The second kappa shape index (κ2) is 11.2. The van der Waals surface area contributed by atoms with Crippen molar-refractivity contribution in [3.63, 3.8) is 0 Å². The van der Waals surface area contributed by atoms with Gasteiger partial charge in [0.25, 0.3) is 5.56 Å². The summed E-state index contributed by atoms with van der Waals surface area (Å²) in [5, 5.41) is 19.5. The van der Waals surface area contributed by atoms with Gasteiger partial charge in [-0.3, -0.25) is 9.59 Å². The number of aryl methyl sites for hydroxylation is 1. The van der Waals surface area contributed by atoms with E-state index in [-0.39, 0.29) is 17.4 Å². The monoisotopic (exact) mass is 478 g/mol. The molecule has 0 radical (unpaired) electrons. The normalized spacial score (nSPS) is 12.4. The maximum atomic E-state index is 13.3. The zero-order valence-corrected chi connectivity index (χ0v) is 20.1. The highest BCUT2D eigenvalue weighted by molar-refractivity contribution is 5.94. The molecule has 2 aromatic carbocycles. The van der Waals surface area contributed by atoms with E-state index in [2.05, 4.69) is 33.7 Å². The topological polar surface area (TPSA) is 113 Å². The van der Waals surface area contributed by atoms with Crippen molar-refractivity contribution in [3.8, 4) is 17.3 Å². The molecule has 2 aromatic heterocycles. The number of anilines is 1. The Kier molecular flexibility index (Phi) is 7.63. The van der Waals surface area contributed by atoms with Gasteiger partial charge in [-0.1, -0.05) is 49.4 Å². The van der Waals surface area contributed by atoms with E-state index in [0.717, 1.165) is 16.7 Å². The Morgan fingerprint density at radius 1 is 1.00 bits per heavy atom. The van der Waals surface area contributed by atoms with Crippen LogP contribution in [0.4, 0.5) is 5.82 Å². The Morgan fingerprint density at radius 2 is 1.75 bits per heavy atom. The predicted octanol–water partition coefficient (Wildman–Crippen LogP) is 3.79. The lowest BCUT2D eigenvalue weighted by molar-refractivity contribution is -0.118. The van der Waals surface area contributed by atoms with E-state index in [4.69, 9.17) is 5.26 Å². The van der Waals surface area contributed by atoms with Gasteiger partial charge >= 0.3 is 0 Å². The van der Waals surface area contributed by atoms with Crippen LogP contribution in [0.25, 0.3) is 11.3 Å². The number of amides is 1. The van der Waals surface area contributed by atoms with Gasteiger partial charge in [0, 0.05) is 31.4 Å². The second-order valence-corrected chi connectivity index (χ2v) is 8.49. The summed E-state index contributed by atoms with van der Waals surface area (Å²) in [4.78, 5) is 29.2. The standard InChI is InChI=1S/C28H26N6O2/c1-19(21-10-8-20(16-29)9-11-21)17-31-27(22-6-4-3-5-7-22)28(36)32-25-14-12-23(18-30-25)24-13-15-26(35)34(2)33-24/h3-15,18-19,27,31H,17H2,1-2H3,(H,30,32,36)/t19-,27+/m0/s1. The highest BCUT2D eigenvalue weighted by Gasteiger charge is 2.22. The van der Waals surface area contributed by atoms with Crippen LogP contribution in [0.5, 0.6) is 0 Å². The van der Waals surface area contributed by atoms with Crippen molar-refractivity contribution in [1.29, 1.82) is 5.26 Å². The first-order valence-corrected chi connectivity index (χ1v) is 11.5. The van der Waals surface area contributed by atoms with E-state index in [9.17, 15) is 9.59 Å². The number of hydrogen-bond acceptors (Lipinski definition) is 6. The molecule has 0 saturated heterocycles. The first kappa shape index (κ1) is 24.5. The molecule has 0 aliphatic carbocycles. The third-order valence-electron chi connectivity index (χ3n) is 5.90. The molecule has 0 unspecified atom stereocenters. The molecular weight excluding hydrogens is 452 g/mol. The van der Waals surface area contributed by atoms with Crippen molar-refractivity contribution in [2.24, 2.45) is 7.05 Å². The fourth-order valence-corrected chi connectivity index (χ4v) is 3.78. The average molecular weight is 479 g/mol. The van der Waals surface area contributed by atoms with E-state index >= 15 is 0 Å². The largest absolute Gasteiger partial charge is 0.309 e. The smallest absolute Gasteiger partial charge is 0.266 e. The Labute approximate surface area is 209 Å². The molecule has 0 fully saturated rings. The summed E-state index contributed by atoms with van der Waals surface area (Å²) < 4.78 is 1.26. The minimum Gasteiger partial charge on any atom is -0.309 e. The van der Waals surface area contributed by atoms with Crippen molar-refractivity contribution in [2.75, 3.05) is 11.9 Å². The molecule has 0 spiro atoms. The molecule has 4 aromatic rings. The van der Waals surface area contributed by atoms with Gasteiger partial charge < -0.3 is 10.6 Å². The number of nitrogens with one attached hydrogen (secondary N) is 2. The fourth-order valence-electron chi connectivity index (χ4n) is 3.78. The number of carbonyl (C=O) groups is 1. The van der Waals surface area contributed by atoms with E-state index < -0.39 is 6.04 Å². The van der Waals surface area contributed by atoms with Crippen LogP contribution in [0, 0.1) is 11.3 Å². The van der Waals surface area contributed by atoms with Crippen molar-refractivity contribution in [1.82, 2.24) is 20.1 Å². The van der Waals surface area contributed by atoms with E-state index in [1.165, 1.54) is 10.7 Å². The van der Waals surface area contributed by atoms with Gasteiger partial charge in [0.05, 0.1) is 17.3 Å². The molecule has 2 heterocycles. The number of nitrogens with zero attached hydrogens (tertiary/aromatic N) is 4. The predicted molar refractivity (Wildman–Crippen MR) is 138 cm³/mol. The first-order valence-electron chi connectivity index (χ1n) is 11.5. The molecule has 1 amide bonds. The number of hydrogen-bond donors (Lipinski definition) is 2. The molecule has 36 heavy (non-hydrogen) atoms. The molecular formula is C28H26N6O2. The van der Waals surface area contributed by atoms with Gasteiger partial charge in [0.1, 0.15) is 11.9 Å². The SMILES string of the molecule is C[C@@H](CN[C@@H](C(=O)Nc1ccc(-c2ccc(=O)n(C)n2)cn1)c1ccccc1)c1ccc(C#N)cc1. The lowest BCUT2D eigenvalue weighted by atomic mass is 9.98. The highest BCUT2D eigenvalue weighted by Crippen LogP contribution is 2.21. The third-order valence-corrected chi connectivity index (χ3v) is 5.90. The highest BCUT2D eigenvalue weighted by atomic mass is 16.2. The summed E-state index contributed by atoms with van der Waals surface area (Å²) in [5.41, 5.74) is 3.70. The Morgan fingerprint density at radius 3 is 2.39 bits per heavy atom. The van der Waals surface area contributed by atoms with Gasteiger partial charge in [-0.15, -0.1) is 0 Å². The van der Waals surface area contributed by atoms with Gasteiger partial charge in [-0.2, -0.15) is 10.4 Å². The van der Waals surface area contributed by atoms with Crippen molar-refractivity contribution in [2.45, 2.75) is 18.9 Å². The molecule has 0 aliphatic rings. The molecule has 180 valence electrons. The lowest BCUT2D eigenvalue weighted by Crippen LogP contribution is -2.35. The third kappa shape index (κ3) is 5.90. The van der Waals surface area contributed by atoms with Crippen LogP contribution < -0.4 is 16.2 Å². The number of pyridine rings is 1. The molecule has 0 saturated carbocycles.